The third-order valence-corrected chi connectivity index (χ3v) is 2.77. The molecule has 0 saturated carbocycles. The van der Waals surface area contributed by atoms with Crippen molar-refractivity contribution in [2.45, 2.75) is 6.04 Å². The van der Waals surface area contributed by atoms with E-state index in [1.807, 2.05) is 0 Å². The van der Waals surface area contributed by atoms with Gasteiger partial charge in [0.2, 0.25) is 0 Å². The van der Waals surface area contributed by atoms with Crippen LogP contribution in [0.1, 0.15) is 0 Å². The van der Waals surface area contributed by atoms with E-state index in [2.05, 4.69) is 4.99 Å². The summed E-state index contributed by atoms with van der Waals surface area (Å²) in [4.78, 5) is 5.85. The molecule has 0 fully saturated rings. The van der Waals surface area contributed by atoms with Gasteiger partial charge >= 0.3 is 0 Å². The van der Waals surface area contributed by atoms with Crippen LogP contribution in [0, 0.1) is 5.82 Å². The van der Waals surface area contributed by atoms with Crippen molar-refractivity contribution in [3.8, 4) is 0 Å². The van der Waals surface area contributed by atoms with Crippen molar-refractivity contribution in [3.63, 3.8) is 0 Å². The maximum atomic E-state index is 13.6. The first-order valence-electron chi connectivity index (χ1n) is 5.18. The molecule has 1 aromatic rings. The summed E-state index contributed by atoms with van der Waals surface area (Å²) < 4.78 is 18.7. The molecule has 0 saturated heterocycles. The molecule has 6 heteroatoms. The van der Waals surface area contributed by atoms with E-state index in [0.29, 0.717) is 23.9 Å². The van der Waals surface area contributed by atoms with Gasteiger partial charge in [0, 0.05) is 18.6 Å². The molecule has 1 aliphatic rings. The summed E-state index contributed by atoms with van der Waals surface area (Å²) in [5.74, 6) is -0.351. The summed E-state index contributed by atoms with van der Waals surface area (Å²) >= 11 is 5.69. The third-order valence-electron chi connectivity index (χ3n) is 2.54. The van der Waals surface area contributed by atoms with Crippen LogP contribution in [0.15, 0.2) is 23.2 Å². The van der Waals surface area contributed by atoms with Gasteiger partial charge in [-0.1, -0.05) is 11.6 Å². The Bertz CT molecular complexity index is 452. The van der Waals surface area contributed by atoms with Crippen molar-refractivity contribution in [2.24, 2.45) is 10.7 Å². The van der Waals surface area contributed by atoms with Crippen LogP contribution in [0.3, 0.4) is 0 Å². The van der Waals surface area contributed by atoms with Crippen LogP contribution in [0.5, 0.6) is 0 Å². The van der Waals surface area contributed by atoms with Gasteiger partial charge in [0.15, 0.2) is 0 Å². The van der Waals surface area contributed by atoms with Gasteiger partial charge in [-0.2, -0.15) is 0 Å². The molecule has 1 aromatic carbocycles. The van der Waals surface area contributed by atoms with Gasteiger partial charge in [-0.25, -0.2) is 9.38 Å². The van der Waals surface area contributed by atoms with Crippen LogP contribution in [-0.2, 0) is 4.74 Å². The van der Waals surface area contributed by atoms with Gasteiger partial charge < -0.3 is 15.4 Å². The van der Waals surface area contributed by atoms with Crippen molar-refractivity contribution in [1.82, 2.24) is 0 Å². The van der Waals surface area contributed by atoms with E-state index in [9.17, 15) is 4.39 Å². The molecule has 17 heavy (non-hydrogen) atoms. The number of benzene rings is 1. The Hall–Kier alpha value is -1.49. The molecule has 0 aromatic heterocycles. The van der Waals surface area contributed by atoms with E-state index in [1.165, 1.54) is 6.07 Å². The average molecular weight is 258 g/mol. The smallest absolute Gasteiger partial charge is 0.282 e. The SMILES string of the molecule is CN(C[C@H]1COC(N)=N1)c1ccc(Cl)cc1F. The second kappa shape index (κ2) is 4.79. The van der Waals surface area contributed by atoms with Crippen LogP contribution < -0.4 is 10.6 Å². The lowest BCUT2D eigenvalue weighted by atomic mass is 10.2. The van der Waals surface area contributed by atoms with E-state index in [0.717, 1.165) is 0 Å². The standard InChI is InChI=1S/C11H13ClFN3O/c1-16(5-8-6-17-11(14)15-8)10-3-2-7(12)4-9(10)13/h2-4,8H,5-6H2,1H3,(H2,14,15)/t8-/m0/s1. The number of hydrogen-bond acceptors (Lipinski definition) is 4. The van der Waals surface area contributed by atoms with Gasteiger partial charge in [-0.3, -0.25) is 0 Å². The third kappa shape index (κ3) is 2.79. The molecule has 4 nitrogen and oxygen atoms in total. The number of amidine groups is 1. The monoisotopic (exact) mass is 257 g/mol. The van der Waals surface area contributed by atoms with E-state index >= 15 is 0 Å². The number of ether oxygens (including phenoxy) is 1. The number of aliphatic imine (C=N–C) groups is 1. The minimum atomic E-state index is -0.351. The highest BCUT2D eigenvalue weighted by atomic mass is 35.5. The molecular formula is C11H13ClFN3O. The predicted octanol–water partition coefficient (Wildman–Crippen LogP) is 1.63. The van der Waals surface area contributed by atoms with Crippen LogP contribution >= 0.6 is 11.6 Å². The van der Waals surface area contributed by atoms with E-state index in [4.69, 9.17) is 22.1 Å². The van der Waals surface area contributed by atoms with Crippen molar-refractivity contribution in [3.05, 3.63) is 29.0 Å². The van der Waals surface area contributed by atoms with Crippen molar-refractivity contribution in [1.29, 1.82) is 0 Å². The number of halogens is 2. The van der Waals surface area contributed by atoms with E-state index < -0.39 is 0 Å². The molecule has 1 heterocycles. The number of hydrogen-bond donors (Lipinski definition) is 1. The quantitative estimate of drug-likeness (QED) is 0.895. The Labute approximate surface area is 104 Å². The second-order valence-corrected chi connectivity index (χ2v) is 4.34. The van der Waals surface area contributed by atoms with Gasteiger partial charge in [0.25, 0.3) is 6.02 Å². The Morgan fingerprint density at radius 1 is 1.65 bits per heavy atom. The Morgan fingerprint density at radius 3 is 3.00 bits per heavy atom. The first-order valence-corrected chi connectivity index (χ1v) is 5.56. The van der Waals surface area contributed by atoms with Gasteiger partial charge in [-0.05, 0) is 18.2 Å². The molecule has 92 valence electrons. The predicted molar refractivity (Wildman–Crippen MR) is 66.0 cm³/mol. The molecule has 0 radical (unpaired) electrons. The van der Waals surface area contributed by atoms with Crippen molar-refractivity contribution in [2.75, 3.05) is 25.1 Å². The van der Waals surface area contributed by atoms with Crippen molar-refractivity contribution < 1.29 is 9.13 Å². The van der Waals surface area contributed by atoms with Gasteiger partial charge in [-0.15, -0.1) is 0 Å². The minimum Gasteiger partial charge on any atom is -0.463 e. The lowest BCUT2D eigenvalue weighted by Gasteiger charge is -2.21. The maximum absolute atomic E-state index is 13.6. The summed E-state index contributed by atoms with van der Waals surface area (Å²) in [6.45, 7) is 0.977. The molecule has 2 rings (SSSR count). The van der Waals surface area contributed by atoms with Crippen LogP contribution in [-0.4, -0.2) is 32.3 Å². The van der Waals surface area contributed by atoms with Crippen LogP contribution in [0.2, 0.25) is 5.02 Å². The van der Waals surface area contributed by atoms with E-state index in [-0.39, 0.29) is 17.9 Å². The molecule has 0 unspecified atom stereocenters. The molecule has 0 spiro atoms. The fourth-order valence-electron chi connectivity index (χ4n) is 1.73. The molecular weight excluding hydrogens is 245 g/mol. The summed E-state index contributed by atoms with van der Waals surface area (Å²) in [7, 11) is 1.79. The fourth-order valence-corrected chi connectivity index (χ4v) is 1.89. The van der Waals surface area contributed by atoms with Crippen molar-refractivity contribution >= 4 is 23.3 Å². The molecule has 1 atom stereocenters. The zero-order valence-corrected chi connectivity index (χ0v) is 10.1. The molecule has 0 amide bonds. The number of anilines is 1. The Balaban J connectivity index is 2.07. The second-order valence-electron chi connectivity index (χ2n) is 3.91. The zero-order valence-electron chi connectivity index (χ0n) is 9.36. The normalized spacial score (nSPS) is 18.8. The molecule has 0 aliphatic carbocycles. The number of nitrogens with zero attached hydrogens (tertiary/aromatic N) is 2. The maximum Gasteiger partial charge on any atom is 0.282 e. The first-order chi connectivity index (χ1) is 8.06. The highest BCUT2D eigenvalue weighted by Gasteiger charge is 2.19. The lowest BCUT2D eigenvalue weighted by Crippen LogP contribution is -2.29. The summed E-state index contributed by atoms with van der Waals surface area (Å²) in [5.41, 5.74) is 5.89. The zero-order chi connectivity index (χ0) is 12.4. The average Bonchev–Trinajstić information content (AvgIpc) is 2.63. The van der Waals surface area contributed by atoms with Crippen LogP contribution in [0.4, 0.5) is 10.1 Å². The Kier molecular flexibility index (Phi) is 3.38. The number of nitrogens with two attached hydrogens (primary N) is 1. The lowest BCUT2D eigenvalue weighted by molar-refractivity contribution is 0.314. The largest absolute Gasteiger partial charge is 0.463 e. The van der Waals surface area contributed by atoms with Crippen LogP contribution in [0.25, 0.3) is 0 Å². The first kappa shape index (κ1) is 12.0. The molecule has 1 aliphatic heterocycles. The summed E-state index contributed by atoms with van der Waals surface area (Å²) in [5, 5.41) is 0.381. The highest BCUT2D eigenvalue weighted by Crippen LogP contribution is 2.22. The molecule has 0 bridgehead atoms. The molecule has 2 N–H and O–H groups in total. The highest BCUT2D eigenvalue weighted by molar-refractivity contribution is 6.30. The Morgan fingerprint density at radius 2 is 2.41 bits per heavy atom. The fraction of sp³-hybridized carbons (Fsp3) is 0.364. The summed E-state index contributed by atoms with van der Waals surface area (Å²) in [6.07, 6.45) is 0. The summed E-state index contributed by atoms with van der Waals surface area (Å²) in [6, 6.07) is 4.71. The van der Waals surface area contributed by atoms with Gasteiger partial charge in [0.05, 0.1) is 5.69 Å². The topological polar surface area (TPSA) is 50.9 Å². The minimum absolute atomic E-state index is 0.0601. The number of likely N-dealkylation sites (N-methyl/N-ethyl adjacent to an activating group) is 1. The number of rotatable bonds is 3. The van der Waals surface area contributed by atoms with E-state index in [1.54, 1.807) is 24.1 Å². The van der Waals surface area contributed by atoms with Gasteiger partial charge in [0.1, 0.15) is 18.5 Å².